The van der Waals surface area contributed by atoms with Gasteiger partial charge in [0.15, 0.2) is 5.78 Å². The number of nitrogens with two attached hydrogens (primary N) is 1. The second-order valence-electron chi connectivity index (χ2n) is 10.8. The molecule has 0 spiro atoms. The van der Waals surface area contributed by atoms with Crippen molar-refractivity contribution in [1.82, 2.24) is 5.32 Å². The van der Waals surface area contributed by atoms with Crippen molar-refractivity contribution in [2.45, 2.75) is 70.3 Å². The summed E-state index contributed by atoms with van der Waals surface area (Å²) in [7, 11) is 0. The number of unbranched alkanes of at least 4 members (excludes halogenated alkanes) is 3. The largest absolute Gasteiger partial charge is 0.398 e. The van der Waals surface area contributed by atoms with Crippen LogP contribution in [-0.2, 0) is 33.6 Å². The fraction of sp³-hybridized carbons (Fsp3) is 0.324. The number of fused-ring (bicyclic) bond motifs is 1. The Morgan fingerprint density at radius 2 is 1.64 bits per heavy atom. The Bertz CT molecular complexity index is 1470. The lowest BCUT2D eigenvalue weighted by Crippen LogP contribution is -2.26. The molecule has 0 saturated carbocycles. The van der Waals surface area contributed by atoms with Crippen LogP contribution in [0.1, 0.15) is 78.8 Å². The normalized spacial score (nSPS) is 14.2. The number of hydrogen-bond acceptors (Lipinski definition) is 4. The van der Waals surface area contributed by atoms with Gasteiger partial charge in [0, 0.05) is 41.4 Å². The van der Waals surface area contributed by atoms with Crippen LogP contribution in [0.5, 0.6) is 0 Å². The van der Waals surface area contributed by atoms with Crippen molar-refractivity contribution in [2.75, 3.05) is 5.73 Å². The molecular formula is C34H35Cl2FN2O3. The van der Waals surface area contributed by atoms with Crippen LogP contribution >= 0.6 is 23.2 Å². The summed E-state index contributed by atoms with van der Waals surface area (Å²) in [5.74, 6) is -0.332. The highest BCUT2D eigenvalue weighted by molar-refractivity contribution is 6.34. The SMILES string of the molecule is Nc1cc(F)ccc1CC(=O)CCCCCCC(=O)NC1CCc2cc(/C=C/C(=O)Cc3cc(Cl)cc(Cl)c3)ccc21. The van der Waals surface area contributed by atoms with E-state index in [2.05, 4.69) is 11.4 Å². The average Bonchev–Trinajstić information content (AvgIpc) is 3.32. The van der Waals surface area contributed by atoms with Crippen molar-refractivity contribution >= 4 is 52.4 Å². The molecule has 1 amide bonds. The molecule has 0 saturated heterocycles. The summed E-state index contributed by atoms with van der Waals surface area (Å²) in [6.07, 6.45) is 9.71. The first-order valence-electron chi connectivity index (χ1n) is 14.3. The number of anilines is 1. The Morgan fingerprint density at radius 1 is 0.905 bits per heavy atom. The molecule has 3 aromatic rings. The van der Waals surface area contributed by atoms with Gasteiger partial charge in [-0.2, -0.15) is 0 Å². The predicted octanol–water partition coefficient (Wildman–Crippen LogP) is 7.80. The van der Waals surface area contributed by atoms with Gasteiger partial charge in [0.25, 0.3) is 0 Å². The number of rotatable bonds is 14. The Labute approximate surface area is 256 Å². The Kier molecular flexibility index (Phi) is 11.3. The van der Waals surface area contributed by atoms with E-state index in [1.807, 2.05) is 18.2 Å². The van der Waals surface area contributed by atoms with E-state index in [-0.39, 0.29) is 36.4 Å². The van der Waals surface area contributed by atoms with Gasteiger partial charge in [0.05, 0.1) is 6.04 Å². The monoisotopic (exact) mass is 608 g/mol. The summed E-state index contributed by atoms with van der Waals surface area (Å²) in [6.45, 7) is 0. The van der Waals surface area contributed by atoms with E-state index in [0.717, 1.165) is 55.2 Å². The van der Waals surface area contributed by atoms with Crippen LogP contribution in [0.4, 0.5) is 10.1 Å². The smallest absolute Gasteiger partial charge is 0.220 e. The predicted molar refractivity (Wildman–Crippen MR) is 167 cm³/mol. The first-order valence-corrected chi connectivity index (χ1v) is 15.1. The van der Waals surface area contributed by atoms with Gasteiger partial charge >= 0.3 is 0 Å². The van der Waals surface area contributed by atoms with Crippen molar-refractivity contribution in [1.29, 1.82) is 0 Å². The number of nitrogen functional groups attached to an aromatic ring is 1. The minimum atomic E-state index is -0.408. The molecule has 220 valence electrons. The highest BCUT2D eigenvalue weighted by Crippen LogP contribution is 2.32. The second-order valence-corrected chi connectivity index (χ2v) is 11.7. The Balaban J connectivity index is 1.14. The van der Waals surface area contributed by atoms with E-state index in [9.17, 15) is 18.8 Å². The van der Waals surface area contributed by atoms with E-state index in [0.29, 0.717) is 34.1 Å². The number of carbonyl (C=O) groups excluding carboxylic acids is 3. The second kappa shape index (κ2) is 15.1. The summed E-state index contributed by atoms with van der Waals surface area (Å²) in [6, 6.07) is 15.3. The lowest BCUT2D eigenvalue weighted by Gasteiger charge is -2.14. The van der Waals surface area contributed by atoms with Crippen LogP contribution in [0.15, 0.2) is 60.7 Å². The lowest BCUT2D eigenvalue weighted by atomic mass is 10.0. The van der Waals surface area contributed by atoms with Gasteiger partial charge in [-0.15, -0.1) is 0 Å². The highest BCUT2D eigenvalue weighted by atomic mass is 35.5. The van der Waals surface area contributed by atoms with Crippen LogP contribution in [0.25, 0.3) is 6.08 Å². The Morgan fingerprint density at radius 3 is 2.38 bits per heavy atom. The molecule has 3 aromatic carbocycles. The number of carbonyl (C=O) groups is 3. The summed E-state index contributed by atoms with van der Waals surface area (Å²) < 4.78 is 13.2. The molecule has 0 heterocycles. The maximum Gasteiger partial charge on any atom is 0.220 e. The van der Waals surface area contributed by atoms with Gasteiger partial charge in [-0.1, -0.05) is 66.4 Å². The summed E-state index contributed by atoms with van der Waals surface area (Å²) in [5, 5.41) is 4.17. The standard InChI is InChI=1S/C34H35Cl2FN2O3/c35-26-16-23(17-27(36)20-26)18-30(41)12-7-22-8-13-31-24(15-22)10-14-33(31)39-34(42)6-4-2-1-3-5-29(40)19-25-9-11-28(37)21-32(25)38/h7-9,11-13,15-17,20-21,33H,1-6,10,14,18-19,38H2,(H,39,42)/b12-7+. The number of halogens is 3. The molecule has 1 aliphatic carbocycles. The summed E-state index contributed by atoms with van der Waals surface area (Å²) in [5.41, 5.74) is 10.8. The van der Waals surface area contributed by atoms with Gasteiger partial charge in [-0.3, -0.25) is 14.4 Å². The topological polar surface area (TPSA) is 89.3 Å². The number of aryl methyl sites for hydroxylation is 1. The van der Waals surface area contributed by atoms with Crippen LogP contribution in [0, 0.1) is 5.82 Å². The number of allylic oxidation sites excluding steroid dienone is 1. The van der Waals surface area contributed by atoms with Crippen LogP contribution in [-0.4, -0.2) is 17.5 Å². The number of nitrogens with one attached hydrogen (secondary N) is 1. The highest BCUT2D eigenvalue weighted by Gasteiger charge is 2.23. The van der Waals surface area contributed by atoms with Gasteiger partial charge < -0.3 is 11.1 Å². The zero-order chi connectivity index (χ0) is 30.1. The molecule has 4 rings (SSSR count). The molecule has 42 heavy (non-hydrogen) atoms. The molecule has 8 heteroatoms. The Hall–Kier alpha value is -3.48. The summed E-state index contributed by atoms with van der Waals surface area (Å²) >= 11 is 12.0. The van der Waals surface area contributed by atoms with E-state index in [4.69, 9.17) is 28.9 Å². The third kappa shape index (κ3) is 9.53. The van der Waals surface area contributed by atoms with Crippen molar-refractivity contribution in [3.8, 4) is 0 Å². The number of Topliss-reactive ketones (excluding diaryl/α,β-unsaturated/α-hetero) is 1. The van der Waals surface area contributed by atoms with Gasteiger partial charge in [0.2, 0.25) is 5.91 Å². The molecule has 0 aromatic heterocycles. The molecule has 0 fully saturated rings. The zero-order valence-corrected chi connectivity index (χ0v) is 24.9. The van der Waals surface area contributed by atoms with Gasteiger partial charge in [0.1, 0.15) is 11.6 Å². The maximum atomic E-state index is 13.2. The van der Waals surface area contributed by atoms with Crippen molar-refractivity contribution in [3.63, 3.8) is 0 Å². The number of ketones is 2. The van der Waals surface area contributed by atoms with Crippen molar-refractivity contribution in [3.05, 3.63) is 104 Å². The molecule has 1 unspecified atom stereocenters. The first-order chi connectivity index (χ1) is 20.2. The molecule has 0 radical (unpaired) electrons. The average molecular weight is 610 g/mol. The number of hydrogen-bond donors (Lipinski definition) is 2. The summed E-state index contributed by atoms with van der Waals surface area (Å²) in [4.78, 5) is 37.2. The molecule has 0 aliphatic heterocycles. The van der Waals surface area contributed by atoms with Gasteiger partial charge in [-0.25, -0.2) is 4.39 Å². The van der Waals surface area contributed by atoms with Crippen LogP contribution in [0.2, 0.25) is 10.0 Å². The van der Waals surface area contributed by atoms with Crippen molar-refractivity contribution < 1.29 is 18.8 Å². The van der Waals surface area contributed by atoms with E-state index < -0.39 is 5.82 Å². The molecular weight excluding hydrogens is 574 g/mol. The minimum Gasteiger partial charge on any atom is -0.398 e. The van der Waals surface area contributed by atoms with Crippen LogP contribution < -0.4 is 11.1 Å². The minimum absolute atomic E-state index is 0.00346. The molecule has 5 nitrogen and oxygen atoms in total. The zero-order valence-electron chi connectivity index (χ0n) is 23.4. The van der Waals surface area contributed by atoms with Crippen LogP contribution in [0.3, 0.4) is 0 Å². The molecule has 1 aliphatic rings. The lowest BCUT2D eigenvalue weighted by molar-refractivity contribution is -0.122. The molecule has 0 bridgehead atoms. The number of amides is 1. The van der Waals surface area contributed by atoms with E-state index in [1.165, 1.54) is 17.7 Å². The third-order valence-electron chi connectivity index (χ3n) is 7.45. The fourth-order valence-corrected chi connectivity index (χ4v) is 5.88. The van der Waals surface area contributed by atoms with Crippen molar-refractivity contribution in [2.24, 2.45) is 0 Å². The first kappa shape index (κ1) is 31.5. The van der Waals surface area contributed by atoms with E-state index >= 15 is 0 Å². The molecule has 1 atom stereocenters. The number of benzene rings is 3. The van der Waals surface area contributed by atoms with Gasteiger partial charge in [-0.05, 0) is 89.9 Å². The fourth-order valence-electron chi connectivity index (χ4n) is 5.31. The quantitative estimate of drug-likeness (QED) is 0.111. The molecule has 3 N–H and O–H groups in total. The third-order valence-corrected chi connectivity index (χ3v) is 7.88. The van der Waals surface area contributed by atoms with E-state index in [1.54, 1.807) is 30.3 Å². The maximum absolute atomic E-state index is 13.2.